The van der Waals surface area contributed by atoms with Gasteiger partial charge in [-0.05, 0) is 38.7 Å². The van der Waals surface area contributed by atoms with Gasteiger partial charge in [-0.2, -0.15) is 5.10 Å². The van der Waals surface area contributed by atoms with Gasteiger partial charge in [0.15, 0.2) is 5.65 Å². The van der Waals surface area contributed by atoms with Gasteiger partial charge in [-0.1, -0.05) is 13.8 Å². The number of esters is 1. The van der Waals surface area contributed by atoms with Crippen LogP contribution in [0.1, 0.15) is 68.5 Å². The van der Waals surface area contributed by atoms with Gasteiger partial charge in [-0.25, -0.2) is 14.5 Å². The number of hydrogen-bond acceptors (Lipinski definition) is 5. The van der Waals surface area contributed by atoms with E-state index >= 15 is 0 Å². The summed E-state index contributed by atoms with van der Waals surface area (Å²) in [4.78, 5) is 29.7. The molecule has 2 aromatic heterocycles. The molecule has 1 N–H and O–H groups in total. The van der Waals surface area contributed by atoms with E-state index in [0.717, 1.165) is 18.5 Å². The summed E-state index contributed by atoms with van der Waals surface area (Å²) in [6, 6.07) is 1.29. The van der Waals surface area contributed by atoms with Crippen LogP contribution in [-0.4, -0.2) is 39.8 Å². The molecule has 0 aliphatic heterocycles. The molecule has 1 aliphatic rings. The van der Waals surface area contributed by atoms with E-state index in [9.17, 15) is 9.59 Å². The summed E-state index contributed by atoms with van der Waals surface area (Å²) in [6.07, 6.45) is 3.86. The average molecular weight is 358 g/mol. The summed E-state index contributed by atoms with van der Waals surface area (Å²) in [5.41, 5.74) is 2.15. The maximum Gasteiger partial charge on any atom is 0.328 e. The SMILES string of the molecule is COC(=O)[C@@H](NC(=O)c1cc(C2CC2)nc2c1cnn2C(C)C)C(C)C. The van der Waals surface area contributed by atoms with Crippen LogP contribution in [0.25, 0.3) is 11.0 Å². The van der Waals surface area contributed by atoms with Gasteiger partial charge in [0, 0.05) is 17.7 Å². The minimum absolute atomic E-state index is 0.0787. The van der Waals surface area contributed by atoms with E-state index in [-0.39, 0.29) is 17.9 Å². The van der Waals surface area contributed by atoms with Crippen molar-refractivity contribution in [3.05, 3.63) is 23.5 Å². The van der Waals surface area contributed by atoms with E-state index in [1.165, 1.54) is 7.11 Å². The Balaban J connectivity index is 2.02. The largest absolute Gasteiger partial charge is 0.467 e. The van der Waals surface area contributed by atoms with Gasteiger partial charge in [0.05, 0.1) is 24.3 Å². The van der Waals surface area contributed by atoms with Crippen molar-refractivity contribution in [2.45, 2.75) is 58.5 Å². The average Bonchev–Trinajstić information content (AvgIpc) is 3.36. The summed E-state index contributed by atoms with van der Waals surface area (Å²) in [5, 5.41) is 7.93. The number of aromatic nitrogens is 3. The van der Waals surface area contributed by atoms with E-state index in [1.807, 2.05) is 38.4 Å². The molecule has 0 radical (unpaired) electrons. The Morgan fingerprint density at radius 2 is 1.96 bits per heavy atom. The predicted octanol–water partition coefficient (Wildman–Crippen LogP) is 2.82. The molecule has 140 valence electrons. The molecule has 0 spiro atoms. The zero-order valence-electron chi connectivity index (χ0n) is 15.9. The third-order valence-corrected chi connectivity index (χ3v) is 4.72. The van der Waals surface area contributed by atoms with Crippen molar-refractivity contribution in [2.24, 2.45) is 5.92 Å². The second-order valence-corrected chi connectivity index (χ2v) is 7.51. The molecule has 1 atom stereocenters. The highest BCUT2D eigenvalue weighted by atomic mass is 16.5. The second kappa shape index (κ2) is 7.05. The summed E-state index contributed by atoms with van der Waals surface area (Å²) in [7, 11) is 1.33. The molecule has 2 aromatic rings. The van der Waals surface area contributed by atoms with Crippen LogP contribution in [0.5, 0.6) is 0 Å². The minimum Gasteiger partial charge on any atom is -0.467 e. The van der Waals surface area contributed by atoms with Gasteiger partial charge in [0.1, 0.15) is 6.04 Å². The number of amides is 1. The van der Waals surface area contributed by atoms with Crippen LogP contribution in [0.2, 0.25) is 0 Å². The number of nitrogens with zero attached hydrogens (tertiary/aromatic N) is 3. The second-order valence-electron chi connectivity index (χ2n) is 7.51. The van der Waals surface area contributed by atoms with Gasteiger partial charge in [0.25, 0.3) is 5.91 Å². The standard InChI is InChI=1S/C19H26N4O3/c1-10(2)16(19(25)26-5)22-18(24)13-8-15(12-6-7-12)21-17-14(13)9-20-23(17)11(3)4/h8-12,16H,6-7H2,1-5H3,(H,22,24)/t16-/m0/s1. The minimum atomic E-state index is -0.694. The smallest absolute Gasteiger partial charge is 0.328 e. The van der Waals surface area contributed by atoms with E-state index < -0.39 is 12.0 Å². The number of methoxy groups -OCH3 is 1. The molecular formula is C19H26N4O3. The summed E-state index contributed by atoms with van der Waals surface area (Å²) in [5.74, 6) is -0.418. The molecule has 7 nitrogen and oxygen atoms in total. The monoisotopic (exact) mass is 358 g/mol. The van der Waals surface area contributed by atoms with Gasteiger partial charge in [0.2, 0.25) is 0 Å². The lowest BCUT2D eigenvalue weighted by Gasteiger charge is -2.20. The number of carbonyl (C=O) groups excluding carboxylic acids is 2. The van der Waals surface area contributed by atoms with Crippen molar-refractivity contribution in [3.8, 4) is 0 Å². The Kier molecular flexibility index (Phi) is 4.98. The van der Waals surface area contributed by atoms with Crippen molar-refractivity contribution >= 4 is 22.9 Å². The third-order valence-electron chi connectivity index (χ3n) is 4.72. The molecular weight excluding hydrogens is 332 g/mol. The topological polar surface area (TPSA) is 86.1 Å². The number of fused-ring (bicyclic) bond motifs is 1. The normalized spacial score (nSPS) is 15.5. The molecule has 26 heavy (non-hydrogen) atoms. The molecule has 0 bridgehead atoms. The molecule has 1 saturated carbocycles. The lowest BCUT2D eigenvalue weighted by atomic mass is 10.0. The van der Waals surface area contributed by atoms with Crippen LogP contribution in [0.3, 0.4) is 0 Å². The molecule has 0 aromatic carbocycles. The fourth-order valence-corrected chi connectivity index (χ4v) is 3.04. The Labute approximate surface area is 153 Å². The Bertz CT molecular complexity index is 837. The van der Waals surface area contributed by atoms with Gasteiger partial charge in [-0.3, -0.25) is 4.79 Å². The molecule has 0 unspecified atom stereocenters. The number of carbonyl (C=O) groups is 2. The summed E-state index contributed by atoms with van der Waals surface area (Å²) in [6.45, 7) is 7.81. The molecule has 1 amide bonds. The van der Waals surface area contributed by atoms with Crippen molar-refractivity contribution < 1.29 is 14.3 Å². The number of hydrogen-bond donors (Lipinski definition) is 1. The lowest BCUT2D eigenvalue weighted by Crippen LogP contribution is -2.45. The Morgan fingerprint density at radius 3 is 2.50 bits per heavy atom. The van der Waals surface area contributed by atoms with Crippen LogP contribution in [0.4, 0.5) is 0 Å². The first-order chi connectivity index (χ1) is 12.3. The summed E-state index contributed by atoms with van der Waals surface area (Å²) < 4.78 is 6.65. The van der Waals surface area contributed by atoms with E-state index in [0.29, 0.717) is 22.5 Å². The van der Waals surface area contributed by atoms with E-state index in [4.69, 9.17) is 9.72 Å². The highest BCUT2D eigenvalue weighted by Gasteiger charge is 2.30. The van der Waals surface area contributed by atoms with Crippen LogP contribution in [0, 0.1) is 5.92 Å². The number of ether oxygens (including phenoxy) is 1. The fourth-order valence-electron chi connectivity index (χ4n) is 3.04. The highest BCUT2D eigenvalue weighted by molar-refractivity contribution is 6.06. The fraction of sp³-hybridized carbons (Fsp3) is 0.579. The van der Waals surface area contributed by atoms with E-state index in [1.54, 1.807) is 6.20 Å². The zero-order chi connectivity index (χ0) is 19.0. The quantitative estimate of drug-likeness (QED) is 0.803. The number of nitrogens with one attached hydrogen (secondary N) is 1. The molecule has 3 rings (SSSR count). The molecule has 2 heterocycles. The first kappa shape index (κ1) is 18.4. The van der Waals surface area contributed by atoms with E-state index in [2.05, 4.69) is 10.4 Å². The van der Waals surface area contributed by atoms with Crippen LogP contribution >= 0.6 is 0 Å². The number of rotatable bonds is 6. The van der Waals surface area contributed by atoms with Crippen molar-refractivity contribution in [1.29, 1.82) is 0 Å². The molecule has 1 aliphatic carbocycles. The molecule has 1 fully saturated rings. The third kappa shape index (κ3) is 3.43. The van der Waals surface area contributed by atoms with Crippen LogP contribution in [-0.2, 0) is 9.53 Å². The van der Waals surface area contributed by atoms with Gasteiger partial charge >= 0.3 is 5.97 Å². The zero-order valence-corrected chi connectivity index (χ0v) is 15.9. The highest BCUT2D eigenvalue weighted by Crippen LogP contribution is 2.40. The van der Waals surface area contributed by atoms with Crippen molar-refractivity contribution in [3.63, 3.8) is 0 Å². The van der Waals surface area contributed by atoms with Gasteiger partial charge < -0.3 is 10.1 Å². The predicted molar refractivity (Wildman–Crippen MR) is 98.0 cm³/mol. The lowest BCUT2D eigenvalue weighted by molar-refractivity contribution is -0.144. The maximum absolute atomic E-state index is 13.0. The van der Waals surface area contributed by atoms with Gasteiger partial charge in [-0.15, -0.1) is 0 Å². The molecule has 7 heteroatoms. The molecule has 0 saturated heterocycles. The summed E-state index contributed by atoms with van der Waals surface area (Å²) >= 11 is 0. The van der Waals surface area contributed by atoms with Crippen molar-refractivity contribution in [1.82, 2.24) is 20.1 Å². The first-order valence-corrected chi connectivity index (χ1v) is 9.10. The Hall–Kier alpha value is -2.44. The maximum atomic E-state index is 13.0. The first-order valence-electron chi connectivity index (χ1n) is 9.10. The Morgan fingerprint density at radius 1 is 1.27 bits per heavy atom. The van der Waals surface area contributed by atoms with Crippen LogP contribution < -0.4 is 5.32 Å². The van der Waals surface area contributed by atoms with Crippen molar-refractivity contribution in [2.75, 3.05) is 7.11 Å². The van der Waals surface area contributed by atoms with Crippen LogP contribution in [0.15, 0.2) is 12.3 Å². The number of pyridine rings is 1.